The van der Waals surface area contributed by atoms with E-state index in [9.17, 15) is 0 Å². The third kappa shape index (κ3) is 4.52. The fourth-order valence-corrected chi connectivity index (χ4v) is 5.21. The van der Waals surface area contributed by atoms with E-state index in [4.69, 9.17) is 0 Å². The van der Waals surface area contributed by atoms with Crippen molar-refractivity contribution in [2.24, 2.45) is 0 Å². The molecule has 3 heteroatoms. The summed E-state index contributed by atoms with van der Waals surface area (Å²) in [5.74, 6) is 0. The lowest BCUT2D eigenvalue weighted by Gasteiger charge is -2.25. The van der Waals surface area contributed by atoms with Crippen LogP contribution in [0.3, 0.4) is 0 Å². The third-order valence-electron chi connectivity index (χ3n) is 4.86. The van der Waals surface area contributed by atoms with E-state index in [-0.39, 0.29) is 5.41 Å². The molecule has 1 heterocycles. The largest absolute Gasteiger partial charge is 0.199 e. The Labute approximate surface area is 161 Å². The first-order chi connectivity index (χ1) is 12.1. The first-order valence-corrected chi connectivity index (χ1v) is 10.7. The molecule has 0 atom stereocenters. The van der Waals surface area contributed by atoms with E-state index >= 15 is 0 Å². The van der Waals surface area contributed by atoms with Crippen LogP contribution in [0.25, 0.3) is 9.81 Å². The van der Waals surface area contributed by atoms with Gasteiger partial charge in [0.1, 0.15) is 0 Å². The molecular weight excluding hydrogens is 342 g/mol. The van der Waals surface area contributed by atoms with E-state index in [1.165, 1.54) is 52.2 Å². The summed E-state index contributed by atoms with van der Waals surface area (Å²) in [4.78, 5) is 2.65. The number of benzene rings is 2. The van der Waals surface area contributed by atoms with Gasteiger partial charge in [-0.15, -0.1) is 0 Å². The van der Waals surface area contributed by atoms with Gasteiger partial charge in [0.15, 0.2) is 0 Å². The number of nitrogens with one attached hydrogen (secondary N) is 1. The van der Waals surface area contributed by atoms with Crippen LogP contribution in [-0.2, 0) is 5.41 Å². The predicted molar refractivity (Wildman–Crippen MR) is 115 cm³/mol. The van der Waals surface area contributed by atoms with Crippen molar-refractivity contribution < 1.29 is 0 Å². The Bertz CT molecular complexity index is 717. The van der Waals surface area contributed by atoms with Crippen molar-refractivity contribution in [1.82, 2.24) is 4.13 Å². The molecule has 1 aliphatic rings. The quantitative estimate of drug-likeness (QED) is 0.407. The molecule has 25 heavy (non-hydrogen) atoms. The van der Waals surface area contributed by atoms with Gasteiger partial charge in [-0.1, -0.05) is 94.6 Å². The zero-order chi connectivity index (χ0) is 17.7. The van der Waals surface area contributed by atoms with Crippen molar-refractivity contribution in [2.45, 2.75) is 51.9 Å². The van der Waals surface area contributed by atoms with Gasteiger partial charge < -0.3 is 0 Å². The van der Waals surface area contributed by atoms with Gasteiger partial charge in [0.2, 0.25) is 0 Å². The van der Waals surface area contributed by atoms with Crippen molar-refractivity contribution in [1.29, 1.82) is 0 Å². The third-order valence-corrected chi connectivity index (χ3v) is 6.95. The Balaban J connectivity index is 1.82. The molecule has 0 saturated heterocycles. The molecule has 1 nitrogen and oxygen atoms in total. The lowest BCUT2D eigenvalue weighted by atomic mass is 9.80. The molecule has 0 aromatic heterocycles. The lowest BCUT2D eigenvalue weighted by molar-refractivity contribution is 0.450. The molecule has 1 aliphatic heterocycles. The molecule has 0 radical (unpaired) electrons. The van der Waals surface area contributed by atoms with Crippen molar-refractivity contribution in [3.63, 3.8) is 0 Å². The van der Waals surface area contributed by atoms with Crippen LogP contribution in [0.4, 0.5) is 0 Å². The van der Waals surface area contributed by atoms with Gasteiger partial charge in [-0.05, 0) is 52.4 Å². The maximum absolute atomic E-state index is 3.36. The maximum atomic E-state index is 3.36. The fourth-order valence-electron chi connectivity index (χ4n) is 3.20. The summed E-state index contributed by atoms with van der Waals surface area (Å²) in [6.45, 7) is 7.01. The molecule has 0 unspecified atom stereocenters. The van der Waals surface area contributed by atoms with Crippen LogP contribution >= 0.6 is 23.9 Å². The van der Waals surface area contributed by atoms with Crippen LogP contribution in [0.15, 0.2) is 54.6 Å². The average Bonchev–Trinajstić information content (AvgIpc) is 3.12. The molecule has 132 valence electrons. The molecule has 3 rings (SSSR count). The zero-order valence-electron chi connectivity index (χ0n) is 15.3. The van der Waals surface area contributed by atoms with Crippen LogP contribution in [-0.4, -0.2) is 0 Å². The number of hydrogen-bond donors (Lipinski definition) is 1. The van der Waals surface area contributed by atoms with E-state index in [1.807, 2.05) is 0 Å². The van der Waals surface area contributed by atoms with Crippen molar-refractivity contribution in [2.75, 3.05) is 0 Å². The Morgan fingerprint density at radius 1 is 0.800 bits per heavy atom. The molecule has 2 aromatic carbocycles. The number of rotatable bonds is 7. The Hall–Kier alpha value is -1.16. The van der Waals surface area contributed by atoms with E-state index in [0.29, 0.717) is 0 Å². The lowest BCUT2D eigenvalue weighted by Crippen LogP contribution is -2.16. The minimum atomic E-state index is 0.250. The smallest absolute Gasteiger partial charge is 0.0464 e. The Kier molecular flexibility index (Phi) is 6.32. The number of hydrogen-bond acceptors (Lipinski definition) is 3. The van der Waals surface area contributed by atoms with E-state index < -0.39 is 0 Å². The molecule has 0 fully saturated rings. The highest BCUT2D eigenvalue weighted by atomic mass is 32.2. The van der Waals surface area contributed by atoms with Gasteiger partial charge in [-0.25, -0.2) is 0 Å². The van der Waals surface area contributed by atoms with E-state index in [0.717, 1.165) is 0 Å². The van der Waals surface area contributed by atoms with Gasteiger partial charge in [0.05, 0.1) is 0 Å². The fraction of sp³-hybridized carbons (Fsp3) is 0.364. The first-order valence-electron chi connectivity index (χ1n) is 9.11. The summed E-state index contributed by atoms with van der Waals surface area (Å²) in [5, 5.41) is 0. The van der Waals surface area contributed by atoms with Crippen molar-refractivity contribution in [3.05, 3.63) is 71.3 Å². The topological polar surface area (TPSA) is 12.0 Å². The van der Waals surface area contributed by atoms with Crippen LogP contribution in [0.1, 0.15) is 63.1 Å². The highest BCUT2D eigenvalue weighted by Gasteiger charge is 2.22. The van der Waals surface area contributed by atoms with Crippen LogP contribution in [0.2, 0.25) is 0 Å². The normalized spacial score (nSPS) is 15.0. The molecule has 1 N–H and O–H groups in total. The van der Waals surface area contributed by atoms with Crippen LogP contribution in [0.5, 0.6) is 0 Å². The molecular formula is C22H27NS2. The molecule has 0 spiro atoms. The molecule has 0 saturated carbocycles. The van der Waals surface area contributed by atoms with Gasteiger partial charge in [0, 0.05) is 9.81 Å². The Morgan fingerprint density at radius 3 is 2.00 bits per heavy atom. The molecule has 0 bridgehead atoms. The predicted octanol–water partition coefficient (Wildman–Crippen LogP) is 7.27. The second-order valence-corrected chi connectivity index (χ2v) is 9.12. The number of unbranched alkanes of at least 4 members (excludes halogenated alkanes) is 2. The highest BCUT2D eigenvalue weighted by Crippen LogP contribution is 2.46. The van der Waals surface area contributed by atoms with Gasteiger partial charge >= 0.3 is 0 Å². The monoisotopic (exact) mass is 369 g/mol. The van der Waals surface area contributed by atoms with Gasteiger partial charge in [-0.2, -0.15) is 4.13 Å². The summed E-state index contributed by atoms with van der Waals surface area (Å²) in [7, 11) is 0. The molecule has 2 aromatic rings. The average molecular weight is 370 g/mol. The standard InChI is InChI=1S/C22H27NS2/c1-4-5-9-16-22(2,3)19-14-12-18(13-15-19)21-20(24-23-25-21)17-10-7-6-8-11-17/h6-8,10-15,23H,4-5,9,16H2,1-3H3. The molecule has 0 amide bonds. The minimum Gasteiger partial charge on any atom is -0.199 e. The van der Waals surface area contributed by atoms with E-state index in [1.54, 1.807) is 23.9 Å². The van der Waals surface area contributed by atoms with Gasteiger partial charge in [0.25, 0.3) is 0 Å². The van der Waals surface area contributed by atoms with Gasteiger partial charge in [-0.3, -0.25) is 0 Å². The second kappa shape index (κ2) is 8.48. The first kappa shape index (κ1) is 18.6. The summed E-state index contributed by atoms with van der Waals surface area (Å²) >= 11 is 3.44. The van der Waals surface area contributed by atoms with Crippen molar-refractivity contribution in [3.8, 4) is 0 Å². The summed E-state index contributed by atoms with van der Waals surface area (Å²) < 4.78 is 3.36. The molecule has 0 aliphatic carbocycles. The Morgan fingerprint density at radius 2 is 1.40 bits per heavy atom. The summed E-state index contributed by atoms with van der Waals surface area (Å²) in [5.41, 5.74) is 4.27. The van der Waals surface area contributed by atoms with E-state index in [2.05, 4.69) is 79.5 Å². The second-order valence-electron chi connectivity index (χ2n) is 7.23. The highest BCUT2D eigenvalue weighted by molar-refractivity contribution is 8.25. The maximum Gasteiger partial charge on any atom is 0.0464 e. The zero-order valence-corrected chi connectivity index (χ0v) is 17.0. The minimum absolute atomic E-state index is 0.250. The summed E-state index contributed by atoms with van der Waals surface area (Å²) in [6.07, 6.45) is 5.18. The van der Waals surface area contributed by atoms with Crippen LogP contribution < -0.4 is 4.13 Å². The van der Waals surface area contributed by atoms with Crippen LogP contribution in [0, 0.1) is 0 Å². The SMILES string of the molecule is CCCCCC(C)(C)c1ccc(C2=C(c3ccccc3)SNS2)cc1. The van der Waals surface area contributed by atoms with Crippen molar-refractivity contribution >= 4 is 33.7 Å². The summed E-state index contributed by atoms with van der Waals surface area (Å²) in [6, 6.07) is 19.9.